The maximum absolute atomic E-state index is 12.3. The Labute approximate surface area is 135 Å². The number of ketones is 1. The van der Waals surface area contributed by atoms with Crippen LogP contribution in [0.2, 0.25) is 0 Å². The highest BCUT2D eigenvalue weighted by Gasteiger charge is 2.52. The third-order valence-corrected chi connectivity index (χ3v) is 4.36. The summed E-state index contributed by atoms with van der Waals surface area (Å²) in [4.78, 5) is 17.2. The van der Waals surface area contributed by atoms with E-state index in [1.807, 2.05) is 6.92 Å². The minimum absolute atomic E-state index is 0.149. The van der Waals surface area contributed by atoms with Gasteiger partial charge in [0.2, 0.25) is 0 Å². The minimum Gasteiger partial charge on any atom is -0.372 e. The average Bonchev–Trinajstić information content (AvgIpc) is 2.37. The van der Waals surface area contributed by atoms with Gasteiger partial charge in [0.25, 0.3) is 0 Å². The van der Waals surface area contributed by atoms with Gasteiger partial charge in [-0.25, -0.2) is 0 Å². The molecule has 1 atom stereocenters. The molecule has 126 valence electrons. The third kappa shape index (κ3) is 3.87. The van der Waals surface area contributed by atoms with Gasteiger partial charge in [-0.2, -0.15) is 0 Å². The molecule has 0 spiro atoms. The SMILES string of the molecule is CCCCC(=NC(C)(C)CC(C)(C)C)C1(O)C(=O)C(C)=C1C. The number of aliphatic hydroxyl groups is 1. The largest absolute Gasteiger partial charge is 0.372 e. The molecule has 0 aromatic carbocycles. The Bertz CT molecular complexity index is 506. The number of aliphatic imine (C=N–C) groups is 1. The zero-order valence-electron chi connectivity index (χ0n) is 15.6. The second-order valence-corrected chi connectivity index (χ2v) is 8.50. The highest BCUT2D eigenvalue weighted by molar-refractivity contribution is 6.27. The van der Waals surface area contributed by atoms with E-state index in [4.69, 9.17) is 4.99 Å². The molecular weight excluding hydrogens is 274 g/mol. The second kappa shape index (κ2) is 6.27. The maximum Gasteiger partial charge on any atom is 0.200 e. The monoisotopic (exact) mass is 307 g/mol. The molecule has 0 aliphatic heterocycles. The van der Waals surface area contributed by atoms with E-state index < -0.39 is 5.60 Å². The van der Waals surface area contributed by atoms with Gasteiger partial charge >= 0.3 is 0 Å². The fourth-order valence-electron chi connectivity index (χ4n) is 3.53. The lowest BCUT2D eigenvalue weighted by atomic mass is 9.69. The van der Waals surface area contributed by atoms with Crippen molar-refractivity contribution >= 4 is 11.5 Å². The smallest absolute Gasteiger partial charge is 0.200 e. The Morgan fingerprint density at radius 3 is 2.14 bits per heavy atom. The van der Waals surface area contributed by atoms with E-state index >= 15 is 0 Å². The molecule has 1 rings (SSSR count). The number of unbranched alkanes of at least 4 members (excludes halogenated alkanes) is 1. The summed E-state index contributed by atoms with van der Waals surface area (Å²) in [6.45, 7) is 16.5. The van der Waals surface area contributed by atoms with Crippen LogP contribution in [0.3, 0.4) is 0 Å². The van der Waals surface area contributed by atoms with E-state index in [1.165, 1.54) is 0 Å². The predicted octanol–water partition coefficient (Wildman–Crippen LogP) is 4.48. The molecule has 22 heavy (non-hydrogen) atoms. The van der Waals surface area contributed by atoms with Crippen molar-refractivity contribution in [1.29, 1.82) is 0 Å². The Morgan fingerprint density at radius 1 is 1.18 bits per heavy atom. The molecule has 0 fully saturated rings. The van der Waals surface area contributed by atoms with Crippen LogP contribution in [0.5, 0.6) is 0 Å². The van der Waals surface area contributed by atoms with Crippen molar-refractivity contribution in [3.8, 4) is 0 Å². The number of rotatable bonds is 6. The van der Waals surface area contributed by atoms with Crippen LogP contribution < -0.4 is 0 Å². The van der Waals surface area contributed by atoms with E-state index in [0.29, 0.717) is 17.7 Å². The average molecular weight is 307 g/mol. The van der Waals surface area contributed by atoms with Crippen LogP contribution in [0.25, 0.3) is 0 Å². The van der Waals surface area contributed by atoms with E-state index in [9.17, 15) is 9.90 Å². The fraction of sp³-hybridized carbons (Fsp3) is 0.789. The summed E-state index contributed by atoms with van der Waals surface area (Å²) in [5.74, 6) is -0.175. The highest BCUT2D eigenvalue weighted by Crippen LogP contribution is 2.39. The summed E-state index contributed by atoms with van der Waals surface area (Å²) in [6, 6.07) is 0. The molecule has 3 nitrogen and oxygen atoms in total. The van der Waals surface area contributed by atoms with Gasteiger partial charge in [0.15, 0.2) is 11.4 Å². The van der Waals surface area contributed by atoms with Gasteiger partial charge in [-0.05, 0) is 63.5 Å². The molecule has 0 bridgehead atoms. The zero-order chi connectivity index (χ0) is 17.3. The van der Waals surface area contributed by atoms with Crippen LogP contribution >= 0.6 is 0 Å². The lowest BCUT2D eigenvalue weighted by Gasteiger charge is -2.40. The molecule has 1 unspecified atom stereocenters. The number of nitrogens with zero attached hydrogens (tertiary/aromatic N) is 1. The van der Waals surface area contributed by atoms with Crippen LogP contribution in [0.4, 0.5) is 0 Å². The standard InChI is InChI=1S/C19H33NO2/c1-9-10-11-15(19(22)14(3)13(2)16(19)21)20-18(7,8)12-17(4,5)6/h22H,9-12H2,1-8H3. The summed E-state index contributed by atoms with van der Waals surface area (Å²) in [6.07, 6.45) is 3.54. The molecule has 0 aromatic rings. The number of hydrogen-bond acceptors (Lipinski definition) is 3. The van der Waals surface area contributed by atoms with E-state index in [-0.39, 0.29) is 16.7 Å². The lowest BCUT2D eigenvalue weighted by Crippen LogP contribution is -2.56. The van der Waals surface area contributed by atoms with E-state index in [1.54, 1.807) is 6.92 Å². The van der Waals surface area contributed by atoms with E-state index in [0.717, 1.165) is 24.8 Å². The molecule has 3 heteroatoms. The van der Waals surface area contributed by atoms with Crippen LogP contribution in [0, 0.1) is 5.41 Å². The number of carbonyl (C=O) groups excluding carboxylic acids is 1. The molecule has 1 aliphatic carbocycles. The van der Waals surface area contributed by atoms with Gasteiger partial charge in [0.1, 0.15) is 0 Å². The Morgan fingerprint density at radius 2 is 1.73 bits per heavy atom. The minimum atomic E-state index is -1.45. The predicted molar refractivity (Wildman–Crippen MR) is 93.4 cm³/mol. The van der Waals surface area contributed by atoms with Crippen LogP contribution in [-0.2, 0) is 4.79 Å². The summed E-state index contributed by atoms with van der Waals surface area (Å²) >= 11 is 0. The first-order valence-corrected chi connectivity index (χ1v) is 8.39. The molecule has 1 N–H and O–H groups in total. The first-order valence-electron chi connectivity index (χ1n) is 8.39. The van der Waals surface area contributed by atoms with Gasteiger partial charge in [-0.15, -0.1) is 0 Å². The highest BCUT2D eigenvalue weighted by atomic mass is 16.3. The molecule has 0 aromatic heterocycles. The van der Waals surface area contributed by atoms with Gasteiger partial charge < -0.3 is 5.11 Å². The summed E-state index contributed by atoms with van der Waals surface area (Å²) in [5.41, 5.74) is 0.502. The Hall–Kier alpha value is -0.960. The number of Topliss-reactive ketones (excluding diaryl/α,β-unsaturated/α-hetero) is 1. The third-order valence-electron chi connectivity index (χ3n) is 4.36. The summed E-state index contributed by atoms with van der Waals surface area (Å²) in [5, 5.41) is 10.9. The molecule has 0 amide bonds. The van der Waals surface area contributed by atoms with Crippen molar-refractivity contribution in [3.63, 3.8) is 0 Å². The van der Waals surface area contributed by atoms with Crippen LogP contribution in [-0.4, -0.2) is 27.7 Å². The molecule has 0 radical (unpaired) electrons. The molecule has 1 aliphatic rings. The van der Waals surface area contributed by atoms with Crippen molar-refractivity contribution < 1.29 is 9.90 Å². The molecule has 0 heterocycles. The van der Waals surface area contributed by atoms with Crippen molar-refractivity contribution in [2.75, 3.05) is 0 Å². The van der Waals surface area contributed by atoms with Gasteiger partial charge in [-0.1, -0.05) is 34.1 Å². The lowest BCUT2D eigenvalue weighted by molar-refractivity contribution is -0.128. The topological polar surface area (TPSA) is 49.7 Å². The Balaban J connectivity index is 3.20. The first-order chi connectivity index (χ1) is 9.85. The van der Waals surface area contributed by atoms with Crippen molar-refractivity contribution in [2.24, 2.45) is 10.4 Å². The number of carbonyl (C=O) groups is 1. The first kappa shape index (κ1) is 19.1. The fourth-order valence-corrected chi connectivity index (χ4v) is 3.53. The normalized spacial score (nSPS) is 23.9. The summed E-state index contributed by atoms with van der Waals surface area (Å²) in [7, 11) is 0. The van der Waals surface area contributed by atoms with Crippen LogP contribution in [0.1, 0.15) is 81.1 Å². The van der Waals surface area contributed by atoms with E-state index in [2.05, 4.69) is 41.5 Å². The van der Waals surface area contributed by atoms with Crippen LogP contribution in [0.15, 0.2) is 16.1 Å². The van der Waals surface area contributed by atoms with Gasteiger partial charge in [0.05, 0.1) is 11.3 Å². The van der Waals surface area contributed by atoms with Crippen molar-refractivity contribution in [1.82, 2.24) is 0 Å². The Kier molecular flexibility index (Phi) is 5.44. The van der Waals surface area contributed by atoms with Crippen molar-refractivity contribution in [3.05, 3.63) is 11.1 Å². The van der Waals surface area contributed by atoms with Crippen molar-refractivity contribution in [2.45, 2.75) is 92.2 Å². The quantitative estimate of drug-likeness (QED) is 0.735. The molecule has 0 saturated carbocycles. The zero-order valence-corrected chi connectivity index (χ0v) is 15.6. The second-order valence-electron chi connectivity index (χ2n) is 8.50. The molecular formula is C19H33NO2. The van der Waals surface area contributed by atoms with Gasteiger partial charge in [-0.3, -0.25) is 9.79 Å². The maximum atomic E-state index is 12.3. The molecule has 0 saturated heterocycles. The summed E-state index contributed by atoms with van der Waals surface area (Å²) < 4.78 is 0. The number of hydrogen-bond donors (Lipinski definition) is 1. The van der Waals surface area contributed by atoms with Gasteiger partial charge in [0, 0.05) is 0 Å².